The summed E-state index contributed by atoms with van der Waals surface area (Å²) in [6.45, 7) is 6.49. The van der Waals surface area contributed by atoms with Crippen molar-refractivity contribution in [3.8, 4) is 0 Å². The molecule has 6 nitrogen and oxygen atoms in total. The molecule has 79 heavy (non-hydrogen) atoms. The average molecular weight is 1100 g/mol. The van der Waals surface area contributed by atoms with E-state index in [1.807, 2.05) is 0 Å². The van der Waals surface area contributed by atoms with Crippen molar-refractivity contribution >= 4 is 17.9 Å². The zero-order valence-corrected chi connectivity index (χ0v) is 51.6. The third-order valence-corrected chi connectivity index (χ3v) is 13.9. The Hall–Kier alpha value is -4.19. The van der Waals surface area contributed by atoms with Crippen LogP contribution in [-0.4, -0.2) is 37.2 Å². The van der Waals surface area contributed by atoms with Crippen molar-refractivity contribution in [3.05, 3.63) is 122 Å². The Bertz CT molecular complexity index is 1640. The molecule has 1 atom stereocenters. The summed E-state index contributed by atoms with van der Waals surface area (Å²) in [7, 11) is 0. The fourth-order valence-corrected chi connectivity index (χ4v) is 8.98. The van der Waals surface area contributed by atoms with Gasteiger partial charge in [-0.3, -0.25) is 14.4 Å². The molecule has 0 saturated heterocycles. The summed E-state index contributed by atoms with van der Waals surface area (Å²) in [5.74, 6) is -0.925. The molecule has 0 saturated carbocycles. The van der Waals surface area contributed by atoms with Gasteiger partial charge in [-0.15, -0.1) is 0 Å². The van der Waals surface area contributed by atoms with Crippen LogP contribution in [0.5, 0.6) is 0 Å². The Kier molecular flexibility index (Phi) is 62.8. The zero-order valence-electron chi connectivity index (χ0n) is 51.6. The van der Waals surface area contributed by atoms with Crippen LogP contribution in [0.1, 0.15) is 303 Å². The van der Waals surface area contributed by atoms with Crippen LogP contribution < -0.4 is 0 Å². The second-order valence-corrected chi connectivity index (χ2v) is 21.6. The highest BCUT2D eigenvalue weighted by molar-refractivity contribution is 5.71. The van der Waals surface area contributed by atoms with Gasteiger partial charge in [-0.25, -0.2) is 0 Å². The van der Waals surface area contributed by atoms with Crippen molar-refractivity contribution in [2.24, 2.45) is 0 Å². The second-order valence-electron chi connectivity index (χ2n) is 21.6. The van der Waals surface area contributed by atoms with Gasteiger partial charge in [-0.1, -0.05) is 271 Å². The van der Waals surface area contributed by atoms with Crippen molar-refractivity contribution in [3.63, 3.8) is 0 Å². The van der Waals surface area contributed by atoms with Crippen molar-refractivity contribution < 1.29 is 28.6 Å². The summed E-state index contributed by atoms with van der Waals surface area (Å²) in [4.78, 5) is 38.4. The first-order chi connectivity index (χ1) is 39.0. The van der Waals surface area contributed by atoms with Crippen LogP contribution >= 0.6 is 0 Å². The Morgan fingerprint density at radius 3 is 0.797 bits per heavy atom. The molecule has 0 aromatic heterocycles. The monoisotopic (exact) mass is 1090 g/mol. The lowest BCUT2D eigenvalue weighted by Gasteiger charge is -2.18. The fourth-order valence-electron chi connectivity index (χ4n) is 8.98. The summed E-state index contributed by atoms with van der Waals surface area (Å²) in [6, 6.07) is 0. The summed E-state index contributed by atoms with van der Waals surface area (Å²) < 4.78 is 16.9. The first-order valence-corrected chi connectivity index (χ1v) is 33.0. The van der Waals surface area contributed by atoms with E-state index in [-0.39, 0.29) is 31.1 Å². The largest absolute Gasteiger partial charge is 0.462 e. The van der Waals surface area contributed by atoms with Gasteiger partial charge in [-0.05, 0) is 135 Å². The highest BCUT2D eigenvalue weighted by Crippen LogP contribution is 2.15. The molecule has 0 radical (unpaired) electrons. The van der Waals surface area contributed by atoms with E-state index in [4.69, 9.17) is 14.2 Å². The van der Waals surface area contributed by atoms with Crippen LogP contribution in [0.25, 0.3) is 0 Å². The fraction of sp³-hybridized carbons (Fsp3) is 0.685. The van der Waals surface area contributed by atoms with Gasteiger partial charge in [0.25, 0.3) is 0 Å². The molecular formula is C73H122O6. The maximum Gasteiger partial charge on any atom is 0.306 e. The Balaban J connectivity index is 4.43. The van der Waals surface area contributed by atoms with Gasteiger partial charge >= 0.3 is 17.9 Å². The van der Waals surface area contributed by atoms with Crippen LogP contribution in [0.15, 0.2) is 122 Å². The maximum atomic E-state index is 12.9. The van der Waals surface area contributed by atoms with E-state index >= 15 is 0 Å². The number of hydrogen-bond donors (Lipinski definition) is 0. The lowest BCUT2D eigenvalue weighted by molar-refractivity contribution is -0.167. The molecule has 0 amide bonds. The highest BCUT2D eigenvalue weighted by Gasteiger charge is 2.19. The molecule has 0 aliphatic heterocycles. The standard InChI is InChI=1S/C73H122O6/c1-4-7-10-13-16-19-22-25-28-31-33-34-35-36-37-38-39-40-41-43-45-48-51-54-57-60-63-66-72(75)78-69-70(68-77-71(74)65-62-59-56-53-50-47-44-30-27-24-21-18-15-12-9-6-3)79-73(76)67-64-61-58-55-52-49-46-42-32-29-26-23-20-17-14-11-8-5-2/h7,10,16,19,21,24-25,28-30,32-34,36-37,39-40,43-45,70H,4-6,8-9,11-15,17-18,20,22-23,26-27,31,35,38,41-42,46-69H2,1-3H3/b10-7-,19-16-,24-21-,28-25-,32-29-,34-33-,37-36-,40-39-,44-30-,45-43-. The zero-order chi connectivity index (χ0) is 57.1. The first-order valence-electron chi connectivity index (χ1n) is 33.0. The summed E-state index contributed by atoms with van der Waals surface area (Å²) >= 11 is 0. The molecule has 0 N–H and O–H groups in total. The molecule has 0 heterocycles. The number of carbonyl (C=O) groups excluding carboxylic acids is 3. The van der Waals surface area contributed by atoms with E-state index in [9.17, 15) is 14.4 Å². The topological polar surface area (TPSA) is 78.9 Å². The number of carbonyl (C=O) groups is 3. The Morgan fingerprint density at radius 1 is 0.266 bits per heavy atom. The molecule has 0 fully saturated rings. The molecule has 0 spiro atoms. The first kappa shape index (κ1) is 74.8. The van der Waals surface area contributed by atoms with Gasteiger partial charge in [0.05, 0.1) is 0 Å². The Morgan fingerprint density at radius 2 is 0.494 bits per heavy atom. The molecule has 1 unspecified atom stereocenters. The highest BCUT2D eigenvalue weighted by atomic mass is 16.6. The number of esters is 3. The van der Waals surface area contributed by atoms with Crippen molar-refractivity contribution in [1.82, 2.24) is 0 Å². The lowest BCUT2D eigenvalue weighted by atomic mass is 10.1. The molecule has 6 heteroatoms. The molecule has 0 aliphatic carbocycles. The molecule has 0 aliphatic rings. The van der Waals surface area contributed by atoms with E-state index in [0.717, 1.165) is 148 Å². The quantitative estimate of drug-likeness (QED) is 0.0261. The Labute approximate surface area is 488 Å². The molecule has 0 aromatic carbocycles. The van der Waals surface area contributed by atoms with Gasteiger partial charge in [0.15, 0.2) is 6.10 Å². The van der Waals surface area contributed by atoms with Crippen molar-refractivity contribution in [2.75, 3.05) is 13.2 Å². The van der Waals surface area contributed by atoms with Crippen molar-refractivity contribution in [2.45, 2.75) is 309 Å². The minimum atomic E-state index is -0.799. The molecule has 0 rings (SSSR count). The predicted octanol–water partition coefficient (Wildman–Crippen LogP) is 22.8. The van der Waals surface area contributed by atoms with Crippen LogP contribution in [0.4, 0.5) is 0 Å². The second kappa shape index (κ2) is 66.3. The number of rotatable bonds is 59. The summed E-state index contributed by atoms with van der Waals surface area (Å²) in [5.41, 5.74) is 0. The molecular weight excluding hydrogens is 973 g/mol. The minimum Gasteiger partial charge on any atom is -0.462 e. The van der Waals surface area contributed by atoms with E-state index in [1.54, 1.807) is 0 Å². The van der Waals surface area contributed by atoms with Crippen LogP contribution in [0.3, 0.4) is 0 Å². The van der Waals surface area contributed by atoms with E-state index in [1.165, 1.54) is 116 Å². The van der Waals surface area contributed by atoms with Crippen LogP contribution in [-0.2, 0) is 28.6 Å². The summed E-state index contributed by atoms with van der Waals surface area (Å²) in [5, 5.41) is 0. The number of hydrogen-bond acceptors (Lipinski definition) is 6. The number of unbranched alkanes of at least 4 members (excludes halogenated alkanes) is 28. The normalized spacial score (nSPS) is 12.9. The minimum absolute atomic E-state index is 0.0949. The van der Waals surface area contributed by atoms with Crippen LogP contribution in [0, 0.1) is 0 Å². The SMILES string of the molecule is CC/C=C\C/C=C\C/C=C\C/C=C\C/C=C\C/C=C\C/C=C\CCCCCCCC(=O)OCC(COC(=O)CCCCCCC/C=C\C/C=C\CCCCCC)OC(=O)CCCCCCCCC/C=C\CCCCCCCCC. The predicted molar refractivity (Wildman–Crippen MR) is 343 cm³/mol. The van der Waals surface area contributed by atoms with E-state index in [0.29, 0.717) is 19.3 Å². The average Bonchev–Trinajstić information content (AvgIpc) is 3.45. The number of ether oxygens (including phenoxy) is 3. The van der Waals surface area contributed by atoms with Gasteiger partial charge in [-0.2, -0.15) is 0 Å². The van der Waals surface area contributed by atoms with Crippen molar-refractivity contribution in [1.29, 1.82) is 0 Å². The van der Waals surface area contributed by atoms with E-state index < -0.39 is 6.10 Å². The van der Waals surface area contributed by atoms with Gasteiger partial charge in [0, 0.05) is 19.3 Å². The third kappa shape index (κ3) is 64.5. The van der Waals surface area contributed by atoms with E-state index in [2.05, 4.69) is 142 Å². The molecule has 450 valence electrons. The third-order valence-electron chi connectivity index (χ3n) is 13.9. The molecule has 0 bridgehead atoms. The summed E-state index contributed by atoms with van der Waals surface area (Å²) in [6.07, 6.45) is 92.0. The van der Waals surface area contributed by atoms with Gasteiger partial charge in [0.1, 0.15) is 13.2 Å². The molecule has 0 aromatic rings. The maximum absolute atomic E-state index is 12.9. The lowest BCUT2D eigenvalue weighted by Crippen LogP contribution is -2.30. The smallest absolute Gasteiger partial charge is 0.306 e. The van der Waals surface area contributed by atoms with Crippen LogP contribution in [0.2, 0.25) is 0 Å². The number of allylic oxidation sites excluding steroid dienone is 20. The van der Waals surface area contributed by atoms with Gasteiger partial charge < -0.3 is 14.2 Å². The van der Waals surface area contributed by atoms with Gasteiger partial charge in [0.2, 0.25) is 0 Å².